The third-order valence-electron chi connectivity index (χ3n) is 3.48. The molecule has 0 radical (unpaired) electrons. The first-order valence-electron chi connectivity index (χ1n) is 7.59. The summed E-state index contributed by atoms with van der Waals surface area (Å²) in [6, 6.07) is 13.3. The number of cyclic esters (lactones) is 1. The Kier molecular flexibility index (Phi) is 4.81. The third kappa shape index (κ3) is 3.57. The lowest BCUT2D eigenvalue weighted by Crippen LogP contribution is -2.05. The highest BCUT2D eigenvalue weighted by atomic mass is 79.9. The molecule has 2 aromatic rings. The highest BCUT2D eigenvalue weighted by Crippen LogP contribution is 2.27. The SMILES string of the molecule is CCOc1ccc(Br)cc1/C=C1/N=C(c2ccc(C)cc2)OC1=O. The molecule has 0 saturated heterocycles. The molecule has 0 atom stereocenters. The summed E-state index contributed by atoms with van der Waals surface area (Å²) in [7, 11) is 0. The number of halogens is 1. The van der Waals surface area contributed by atoms with Crippen LogP contribution in [0.15, 0.2) is 57.6 Å². The Balaban J connectivity index is 1.97. The van der Waals surface area contributed by atoms with E-state index in [0.717, 1.165) is 21.2 Å². The van der Waals surface area contributed by atoms with Gasteiger partial charge in [0.25, 0.3) is 0 Å². The van der Waals surface area contributed by atoms with Gasteiger partial charge in [0.2, 0.25) is 5.90 Å². The quantitative estimate of drug-likeness (QED) is 0.574. The minimum Gasteiger partial charge on any atom is -0.493 e. The van der Waals surface area contributed by atoms with Crippen molar-refractivity contribution in [2.75, 3.05) is 6.61 Å². The molecule has 0 amide bonds. The van der Waals surface area contributed by atoms with Crippen LogP contribution in [0.1, 0.15) is 23.6 Å². The second-order valence-corrected chi connectivity index (χ2v) is 6.23. The second kappa shape index (κ2) is 7.01. The van der Waals surface area contributed by atoms with Crippen LogP contribution in [0.3, 0.4) is 0 Å². The summed E-state index contributed by atoms with van der Waals surface area (Å²) in [5.74, 6) is 0.548. The molecule has 0 spiro atoms. The van der Waals surface area contributed by atoms with Gasteiger partial charge in [-0.25, -0.2) is 9.79 Å². The number of aryl methyl sites for hydroxylation is 1. The number of carbonyl (C=O) groups excluding carboxylic acids is 1. The largest absolute Gasteiger partial charge is 0.493 e. The van der Waals surface area contributed by atoms with Gasteiger partial charge in [-0.05, 0) is 50.3 Å². The van der Waals surface area contributed by atoms with Gasteiger partial charge in [0, 0.05) is 15.6 Å². The van der Waals surface area contributed by atoms with Gasteiger partial charge in [0.15, 0.2) is 5.70 Å². The molecule has 0 N–H and O–H groups in total. The van der Waals surface area contributed by atoms with Gasteiger partial charge in [-0.1, -0.05) is 33.6 Å². The van der Waals surface area contributed by atoms with Gasteiger partial charge in [0.1, 0.15) is 5.75 Å². The summed E-state index contributed by atoms with van der Waals surface area (Å²) in [6.45, 7) is 4.46. The van der Waals surface area contributed by atoms with Crippen molar-refractivity contribution < 1.29 is 14.3 Å². The zero-order valence-electron chi connectivity index (χ0n) is 13.4. The standard InChI is InChI=1S/C19H16BrNO3/c1-3-23-17-9-8-15(20)10-14(17)11-16-19(22)24-18(21-16)13-6-4-12(2)5-7-13/h4-11H,3H2,1-2H3/b16-11+. The molecule has 24 heavy (non-hydrogen) atoms. The fraction of sp³-hybridized carbons (Fsp3) is 0.158. The van der Waals surface area contributed by atoms with E-state index in [4.69, 9.17) is 9.47 Å². The van der Waals surface area contributed by atoms with Gasteiger partial charge in [-0.15, -0.1) is 0 Å². The maximum atomic E-state index is 12.1. The molecule has 1 aliphatic rings. The molecule has 3 rings (SSSR count). The van der Waals surface area contributed by atoms with E-state index in [9.17, 15) is 4.79 Å². The van der Waals surface area contributed by atoms with E-state index >= 15 is 0 Å². The van der Waals surface area contributed by atoms with E-state index in [1.807, 2.05) is 56.3 Å². The first kappa shape index (κ1) is 16.5. The van der Waals surface area contributed by atoms with Crippen molar-refractivity contribution in [3.05, 3.63) is 69.3 Å². The Morgan fingerprint density at radius 2 is 1.96 bits per heavy atom. The van der Waals surface area contributed by atoms with E-state index in [-0.39, 0.29) is 5.70 Å². The zero-order valence-corrected chi connectivity index (χ0v) is 15.0. The predicted molar refractivity (Wildman–Crippen MR) is 97.1 cm³/mol. The molecule has 0 bridgehead atoms. The van der Waals surface area contributed by atoms with E-state index in [2.05, 4.69) is 20.9 Å². The molecule has 0 aliphatic carbocycles. The summed E-state index contributed by atoms with van der Waals surface area (Å²) in [5, 5.41) is 0. The first-order chi connectivity index (χ1) is 11.6. The number of aliphatic imine (C=N–C) groups is 1. The van der Waals surface area contributed by atoms with Crippen molar-refractivity contribution in [2.45, 2.75) is 13.8 Å². The van der Waals surface area contributed by atoms with Gasteiger partial charge in [-0.3, -0.25) is 0 Å². The van der Waals surface area contributed by atoms with Crippen LogP contribution in [0, 0.1) is 6.92 Å². The molecular weight excluding hydrogens is 370 g/mol. The van der Waals surface area contributed by atoms with Crippen LogP contribution in [0.25, 0.3) is 6.08 Å². The first-order valence-corrected chi connectivity index (χ1v) is 8.38. The van der Waals surface area contributed by atoms with Crippen LogP contribution in [-0.4, -0.2) is 18.5 Å². The average Bonchev–Trinajstić information content (AvgIpc) is 2.92. The molecule has 1 aliphatic heterocycles. The molecule has 0 fully saturated rings. The second-order valence-electron chi connectivity index (χ2n) is 5.32. The molecular formula is C19H16BrNO3. The molecule has 0 saturated carbocycles. The van der Waals surface area contributed by atoms with E-state index in [1.54, 1.807) is 6.08 Å². The summed E-state index contributed by atoms with van der Waals surface area (Å²) in [4.78, 5) is 16.5. The summed E-state index contributed by atoms with van der Waals surface area (Å²) in [5.41, 5.74) is 2.93. The molecule has 4 nitrogen and oxygen atoms in total. The maximum Gasteiger partial charge on any atom is 0.363 e. The Bertz CT molecular complexity index is 838. The summed E-state index contributed by atoms with van der Waals surface area (Å²) >= 11 is 3.43. The number of carbonyl (C=O) groups is 1. The molecule has 0 unspecified atom stereocenters. The maximum absolute atomic E-state index is 12.1. The topological polar surface area (TPSA) is 47.9 Å². The number of benzene rings is 2. The van der Waals surface area contributed by atoms with Crippen LogP contribution >= 0.6 is 15.9 Å². The fourth-order valence-electron chi connectivity index (χ4n) is 2.30. The van der Waals surface area contributed by atoms with Crippen LogP contribution in [0.5, 0.6) is 5.75 Å². The number of hydrogen-bond acceptors (Lipinski definition) is 4. The van der Waals surface area contributed by atoms with E-state index in [0.29, 0.717) is 18.3 Å². The van der Waals surface area contributed by atoms with Crippen molar-refractivity contribution in [2.24, 2.45) is 4.99 Å². The molecule has 122 valence electrons. The zero-order chi connectivity index (χ0) is 17.1. The third-order valence-corrected chi connectivity index (χ3v) is 3.98. The van der Waals surface area contributed by atoms with E-state index < -0.39 is 5.97 Å². The summed E-state index contributed by atoms with van der Waals surface area (Å²) < 4.78 is 11.8. The highest BCUT2D eigenvalue weighted by Gasteiger charge is 2.24. The Morgan fingerprint density at radius 3 is 2.67 bits per heavy atom. The molecule has 1 heterocycles. The van der Waals surface area contributed by atoms with Crippen molar-refractivity contribution >= 4 is 33.9 Å². The van der Waals surface area contributed by atoms with Gasteiger partial charge in [0.05, 0.1) is 6.61 Å². The smallest absolute Gasteiger partial charge is 0.363 e. The molecule has 0 aromatic heterocycles. The lowest BCUT2D eigenvalue weighted by Gasteiger charge is -2.07. The van der Waals surface area contributed by atoms with Crippen LogP contribution in [-0.2, 0) is 9.53 Å². The van der Waals surface area contributed by atoms with Crippen LogP contribution in [0.4, 0.5) is 0 Å². The van der Waals surface area contributed by atoms with Crippen molar-refractivity contribution in [3.63, 3.8) is 0 Å². The minimum atomic E-state index is -0.465. The average molecular weight is 386 g/mol. The van der Waals surface area contributed by atoms with Crippen molar-refractivity contribution in [3.8, 4) is 5.75 Å². The Hall–Kier alpha value is -2.40. The number of esters is 1. The number of hydrogen-bond donors (Lipinski definition) is 0. The van der Waals surface area contributed by atoms with Crippen LogP contribution in [0.2, 0.25) is 0 Å². The van der Waals surface area contributed by atoms with E-state index in [1.165, 1.54) is 0 Å². The lowest BCUT2D eigenvalue weighted by atomic mass is 10.1. The Morgan fingerprint density at radius 1 is 1.21 bits per heavy atom. The monoisotopic (exact) mass is 385 g/mol. The Labute approximate surface area is 148 Å². The number of nitrogens with zero attached hydrogens (tertiary/aromatic N) is 1. The number of rotatable bonds is 4. The molecule has 5 heteroatoms. The summed E-state index contributed by atoms with van der Waals surface area (Å²) in [6.07, 6.45) is 1.68. The predicted octanol–water partition coefficient (Wildman–Crippen LogP) is 4.50. The molecule has 2 aromatic carbocycles. The minimum absolute atomic E-state index is 0.254. The van der Waals surface area contributed by atoms with Crippen LogP contribution < -0.4 is 4.74 Å². The van der Waals surface area contributed by atoms with Gasteiger partial charge >= 0.3 is 5.97 Å². The number of ether oxygens (including phenoxy) is 2. The van der Waals surface area contributed by atoms with Crippen molar-refractivity contribution in [1.82, 2.24) is 0 Å². The van der Waals surface area contributed by atoms with Gasteiger partial charge in [-0.2, -0.15) is 0 Å². The highest BCUT2D eigenvalue weighted by molar-refractivity contribution is 9.10. The fourth-order valence-corrected chi connectivity index (χ4v) is 2.67. The van der Waals surface area contributed by atoms with Gasteiger partial charge < -0.3 is 9.47 Å². The normalized spacial score (nSPS) is 15.4. The lowest BCUT2D eigenvalue weighted by molar-refractivity contribution is -0.129. The van der Waals surface area contributed by atoms with Crippen molar-refractivity contribution in [1.29, 1.82) is 0 Å².